The fourth-order valence-corrected chi connectivity index (χ4v) is 1.85. The van der Waals surface area contributed by atoms with Crippen LogP contribution in [0.15, 0.2) is 28.9 Å². The molecule has 0 saturated heterocycles. The minimum atomic E-state index is 0.190. The van der Waals surface area contributed by atoms with Crippen molar-refractivity contribution in [2.45, 2.75) is 26.3 Å². The smallest absolute Gasteiger partial charge is 0.134 e. The lowest BCUT2D eigenvalue weighted by Crippen LogP contribution is -2.17. The molecule has 0 spiro atoms. The molecule has 2 rings (SSSR count). The van der Waals surface area contributed by atoms with Crippen LogP contribution in [-0.4, -0.2) is 6.04 Å². The summed E-state index contributed by atoms with van der Waals surface area (Å²) in [5.41, 5.74) is 9.23. The van der Waals surface area contributed by atoms with Gasteiger partial charge in [0.05, 0.1) is 6.26 Å². The second kappa shape index (κ2) is 3.46. The molecule has 14 heavy (non-hydrogen) atoms. The summed E-state index contributed by atoms with van der Waals surface area (Å²) in [6, 6.07) is 6.32. The molecule has 1 atom stereocenters. The van der Waals surface area contributed by atoms with Crippen molar-refractivity contribution in [3.63, 3.8) is 0 Å². The highest BCUT2D eigenvalue weighted by molar-refractivity contribution is 5.84. The summed E-state index contributed by atoms with van der Waals surface area (Å²) in [5, 5.41) is 1.23. The zero-order valence-corrected chi connectivity index (χ0v) is 8.58. The third-order valence-electron chi connectivity index (χ3n) is 2.41. The summed E-state index contributed by atoms with van der Waals surface area (Å²) in [7, 11) is 0. The predicted molar refractivity (Wildman–Crippen MR) is 58.3 cm³/mol. The van der Waals surface area contributed by atoms with Gasteiger partial charge in [-0.3, -0.25) is 0 Å². The van der Waals surface area contributed by atoms with Gasteiger partial charge in [-0.15, -0.1) is 0 Å². The van der Waals surface area contributed by atoms with Crippen LogP contribution in [0.4, 0.5) is 0 Å². The fraction of sp³-hybridized carbons (Fsp3) is 0.333. The first kappa shape index (κ1) is 9.28. The first-order valence-corrected chi connectivity index (χ1v) is 4.90. The van der Waals surface area contributed by atoms with E-state index in [1.165, 1.54) is 16.5 Å². The van der Waals surface area contributed by atoms with Crippen LogP contribution in [0.2, 0.25) is 0 Å². The maximum absolute atomic E-state index is 5.80. The van der Waals surface area contributed by atoms with E-state index in [2.05, 4.69) is 13.0 Å². The Bertz CT molecular complexity index is 443. The molecule has 1 aromatic heterocycles. The van der Waals surface area contributed by atoms with Gasteiger partial charge >= 0.3 is 0 Å². The topological polar surface area (TPSA) is 39.2 Å². The maximum Gasteiger partial charge on any atom is 0.134 e. The molecular weight excluding hydrogens is 174 g/mol. The molecule has 74 valence electrons. The van der Waals surface area contributed by atoms with E-state index in [0.29, 0.717) is 0 Å². The van der Waals surface area contributed by atoms with Crippen molar-refractivity contribution in [1.82, 2.24) is 0 Å². The largest absolute Gasteiger partial charge is 0.464 e. The van der Waals surface area contributed by atoms with E-state index < -0.39 is 0 Å². The third-order valence-corrected chi connectivity index (χ3v) is 2.41. The zero-order valence-electron chi connectivity index (χ0n) is 8.58. The van der Waals surface area contributed by atoms with Gasteiger partial charge in [-0.25, -0.2) is 0 Å². The Balaban J connectivity index is 2.57. The second-order valence-electron chi connectivity index (χ2n) is 3.89. The summed E-state index contributed by atoms with van der Waals surface area (Å²) in [6.07, 6.45) is 2.70. The Hall–Kier alpha value is -1.28. The van der Waals surface area contributed by atoms with Crippen molar-refractivity contribution in [2.75, 3.05) is 0 Å². The molecule has 2 heteroatoms. The quantitative estimate of drug-likeness (QED) is 0.788. The molecule has 2 N–H and O–H groups in total. The number of benzene rings is 1. The van der Waals surface area contributed by atoms with Gasteiger partial charge in [-0.1, -0.05) is 12.1 Å². The molecular formula is C12H15NO. The van der Waals surface area contributed by atoms with E-state index >= 15 is 0 Å². The van der Waals surface area contributed by atoms with Crippen LogP contribution in [0.5, 0.6) is 0 Å². The van der Waals surface area contributed by atoms with Crippen LogP contribution < -0.4 is 5.73 Å². The van der Waals surface area contributed by atoms with Crippen molar-refractivity contribution in [1.29, 1.82) is 0 Å². The van der Waals surface area contributed by atoms with E-state index in [0.717, 1.165) is 12.0 Å². The highest BCUT2D eigenvalue weighted by Crippen LogP contribution is 2.24. The number of furan rings is 1. The molecule has 2 nitrogen and oxygen atoms in total. The Morgan fingerprint density at radius 1 is 1.43 bits per heavy atom. The molecule has 0 bridgehead atoms. The highest BCUT2D eigenvalue weighted by Gasteiger charge is 2.08. The normalized spacial score (nSPS) is 13.4. The average molecular weight is 189 g/mol. The monoisotopic (exact) mass is 189 g/mol. The molecule has 1 unspecified atom stereocenters. The second-order valence-corrected chi connectivity index (χ2v) is 3.89. The van der Waals surface area contributed by atoms with Gasteiger partial charge in [0.15, 0.2) is 0 Å². The lowest BCUT2D eigenvalue weighted by Gasteiger charge is -2.06. The molecule has 0 aliphatic heterocycles. The first-order chi connectivity index (χ1) is 6.68. The van der Waals surface area contributed by atoms with Crippen LogP contribution in [0, 0.1) is 6.92 Å². The van der Waals surface area contributed by atoms with Gasteiger partial charge in [-0.05, 0) is 37.5 Å². The third kappa shape index (κ3) is 1.53. The van der Waals surface area contributed by atoms with Crippen molar-refractivity contribution in [2.24, 2.45) is 5.73 Å². The molecule has 1 heterocycles. The standard InChI is InChI=1S/C12H15NO/c1-8-7-14-11-5-3-4-10(12(8)11)6-9(2)13/h3-5,7,9H,6,13H2,1-2H3. The van der Waals surface area contributed by atoms with Crippen LogP contribution in [0.1, 0.15) is 18.1 Å². The van der Waals surface area contributed by atoms with E-state index in [9.17, 15) is 0 Å². The zero-order chi connectivity index (χ0) is 10.1. The van der Waals surface area contributed by atoms with Crippen molar-refractivity contribution in [3.05, 3.63) is 35.6 Å². The van der Waals surface area contributed by atoms with Crippen LogP contribution in [0.3, 0.4) is 0 Å². The number of hydrogen-bond donors (Lipinski definition) is 1. The van der Waals surface area contributed by atoms with Gasteiger partial charge in [0.25, 0.3) is 0 Å². The molecule has 0 saturated carbocycles. The van der Waals surface area contributed by atoms with Crippen molar-refractivity contribution < 1.29 is 4.42 Å². The van der Waals surface area contributed by atoms with Crippen molar-refractivity contribution in [3.8, 4) is 0 Å². The van der Waals surface area contributed by atoms with E-state index in [4.69, 9.17) is 10.2 Å². The van der Waals surface area contributed by atoms with Gasteiger partial charge in [0, 0.05) is 11.4 Å². The Morgan fingerprint density at radius 3 is 2.93 bits per heavy atom. The van der Waals surface area contributed by atoms with Gasteiger partial charge < -0.3 is 10.2 Å². The summed E-state index contributed by atoms with van der Waals surface area (Å²) >= 11 is 0. The lowest BCUT2D eigenvalue weighted by molar-refractivity contribution is 0.613. The SMILES string of the molecule is Cc1coc2cccc(CC(C)N)c12. The van der Waals surface area contributed by atoms with Crippen molar-refractivity contribution >= 4 is 11.0 Å². The minimum absolute atomic E-state index is 0.190. The predicted octanol–water partition coefficient (Wildman–Crippen LogP) is 2.63. The Morgan fingerprint density at radius 2 is 2.21 bits per heavy atom. The first-order valence-electron chi connectivity index (χ1n) is 4.90. The number of nitrogens with two attached hydrogens (primary N) is 1. The van der Waals surface area contributed by atoms with E-state index in [-0.39, 0.29) is 6.04 Å². The van der Waals surface area contributed by atoms with E-state index in [1.807, 2.05) is 19.1 Å². The van der Waals surface area contributed by atoms with E-state index in [1.54, 1.807) is 6.26 Å². The highest BCUT2D eigenvalue weighted by atomic mass is 16.3. The molecule has 2 aromatic rings. The summed E-state index contributed by atoms with van der Waals surface area (Å²) in [6.45, 7) is 4.09. The number of rotatable bonds is 2. The number of hydrogen-bond acceptors (Lipinski definition) is 2. The molecule has 0 amide bonds. The molecule has 1 aromatic carbocycles. The van der Waals surface area contributed by atoms with Crippen LogP contribution >= 0.6 is 0 Å². The summed E-state index contributed by atoms with van der Waals surface area (Å²) in [4.78, 5) is 0. The lowest BCUT2D eigenvalue weighted by atomic mass is 10.0. The average Bonchev–Trinajstić information content (AvgIpc) is 2.48. The molecule has 0 radical (unpaired) electrons. The maximum atomic E-state index is 5.80. The number of fused-ring (bicyclic) bond motifs is 1. The molecule has 0 aliphatic carbocycles. The van der Waals surface area contributed by atoms with Gasteiger partial charge in [0.1, 0.15) is 5.58 Å². The summed E-state index contributed by atoms with van der Waals surface area (Å²) < 4.78 is 5.43. The molecule has 0 fully saturated rings. The van der Waals surface area contributed by atoms with Crippen LogP contribution in [-0.2, 0) is 6.42 Å². The minimum Gasteiger partial charge on any atom is -0.464 e. The fourth-order valence-electron chi connectivity index (χ4n) is 1.85. The number of aryl methyl sites for hydroxylation is 1. The van der Waals surface area contributed by atoms with Gasteiger partial charge in [0.2, 0.25) is 0 Å². The summed E-state index contributed by atoms with van der Waals surface area (Å²) in [5.74, 6) is 0. The Kier molecular flexibility index (Phi) is 2.30. The molecule has 0 aliphatic rings. The van der Waals surface area contributed by atoms with Gasteiger partial charge in [-0.2, -0.15) is 0 Å². The Labute approximate surface area is 83.7 Å². The van der Waals surface area contributed by atoms with Crippen LogP contribution in [0.25, 0.3) is 11.0 Å².